The van der Waals surface area contributed by atoms with Crippen molar-refractivity contribution in [2.75, 3.05) is 0 Å². The molecule has 5 aromatic heterocycles. The van der Waals surface area contributed by atoms with Crippen molar-refractivity contribution in [3.05, 3.63) is 168 Å². The van der Waals surface area contributed by atoms with Crippen LogP contribution in [0.5, 0.6) is 11.5 Å². The summed E-state index contributed by atoms with van der Waals surface area (Å²) in [7, 11) is 0. The first-order valence-corrected chi connectivity index (χ1v) is 17.5. The summed E-state index contributed by atoms with van der Waals surface area (Å²) in [4.78, 5) is 13.4. The Bertz CT molecular complexity index is 2780. The van der Waals surface area contributed by atoms with E-state index in [0.717, 1.165) is 72.5 Å². The Hall–Kier alpha value is -6.20. The van der Waals surface area contributed by atoms with Gasteiger partial charge in [0, 0.05) is 64.7 Å². The molecule has 264 valence electrons. The number of benzene rings is 4. The molecule has 8 heteroatoms. The van der Waals surface area contributed by atoms with Crippen LogP contribution in [0.25, 0.3) is 67.0 Å². The van der Waals surface area contributed by atoms with Crippen LogP contribution in [0.15, 0.2) is 134 Å². The maximum Gasteiger partial charge on any atom is 2.00 e. The normalized spacial score (nSPS) is 11.2. The van der Waals surface area contributed by atoms with E-state index in [1.807, 2.05) is 83.9 Å². The minimum absolute atomic E-state index is 0. The molecule has 0 aliphatic heterocycles. The number of nitrogens with zero attached hydrogens (tertiary/aromatic N) is 6. The molecule has 4 aromatic carbocycles. The predicted molar refractivity (Wildman–Crippen MR) is 211 cm³/mol. The third-order valence-corrected chi connectivity index (χ3v) is 9.61. The summed E-state index contributed by atoms with van der Waals surface area (Å²) in [6, 6.07) is 42.0. The van der Waals surface area contributed by atoms with E-state index in [1.165, 1.54) is 16.7 Å². The molecular formula is C46H34N6OPd. The van der Waals surface area contributed by atoms with Crippen molar-refractivity contribution < 1.29 is 25.2 Å². The molecule has 0 radical (unpaired) electrons. The number of hydrogen-bond acceptors (Lipinski definition) is 5. The summed E-state index contributed by atoms with van der Waals surface area (Å²) in [6.07, 6.45) is 9.09. The molecule has 54 heavy (non-hydrogen) atoms. The predicted octanol–water partition coefficient (Wildman–Crippen LogP) is 10.8. The van der Waals surface area contributed by atoms with Gasteiger partial charge in [0.05, 0.1) is 5.69 Å². The molecule has 0 saturated heterocycles. The Morgan fingerprint density at radius 1 is 0.593 bits per heavy atom. The number of fused-ring (bicyclic) bond motifs is 3. The van der Waals surface area contributed by atoms with E-state index in [-0.39, 0.29) is 20.4 Å². The topological polar surface area (TPSA) is 70.7 Å². The van der Waals surface area contributed by atoms with Crippen molar-refractivity contribution in [2.24, 2.45) is 0 Å². The van der Waals surface area contributed by atoms with Gasteiger partial charge in [0.15, 0.2) is 0 Å². The van der Waals surface area contributed by atoms with Crippen LogP contribution in [0.2, 0.25) is 0 Å². The number of rotatable bonds is 7. The SMILES string of the molecule is Cc1ccnc(-n2c3[c-]c(Oc4[c-]c(-n5nc(-c6ccncc6)c(-c6c(C)cc(C)cc6C)c5-c5ccncc5)ccc4)ccc3c3ccccc32)c1.[Pd+2]. The summed E-state index contributed by atoms with van der Waals surface area (Å²) >= 11 is 0. The van der Waals surface area contributed by atoms with E-state index in [1.54, 1.807) is 12.4 Å². The average molecular weight is 793 g/mol. The summed E-state index contributed by atoms with van der Waals surface area (Å²) in [6.45, 7) is 8.55. The molecule has 0 fully saturated rings. The molecule has 0 unspecified atom stereocenters. The molecule has 0 spiro atoms. The summed E-state index contributed by atoms with van der Waals surface area (Å²) in [5.74, 6) is 1.95. The van der Waals surface area contributed by atoms with Gasteiger partial charge in [-0.05, 0) is 103 Å². The third-order valence-electron chi connectivity index (χ3n) is 9.61. The fourth-order valence-electron chi connectivity index (χ4n) is 7.44. The van der Waals surface area contributed by atoms with Crippen LogP contribution in [0.4, 0.5) is 0 Å². The first kappa shape index (κ1) is 34.9. The molecule has 7 nitrogen and oxygen atoms in total. The molecule has 5 heterocycles. The van der Waals surface area contributed by atoms with Crippen molar-refractivity contribution in [1.82, 2.24) is 29.3 Å². The van der Waals surface area contributed by atoms with E-state index in [4.69, 9.17) is 14.8 Å². The van der Waals surface area contributed by atoms with Crippen molar-refractivity contribution in [3.8, 4) is 56.6 Å². The van der Waals surface area contributed by atoms with Gasteiger partial charge < -0.3 is 9.30 Å². The third kappa shape index (κ3) is 6.20. The Labute approximate surface area is 327 Å². The van der Waals surface area contributed by atoms with Crippen molar-refractivity contribution >= 4 is 21.8 Å². The van der Waals surface area contributed by atoms with E-state index in [2.05, 4.69) is 96.8 Å². The van der Waals surface area contributed by atoms with Crippen molar-refractivity contribution in [2.45, 2.75) is 27.7 Å². The van der Waals surface area contributed by atoms with Crippen LogP contribution in [0, 0.1) is 39.8 Å². The standard InChI is InChI=1S/C46H34N6O.Pd/c1-29-14-23-49-42(26-29)51-40-11-6-5-10-38(40)39-13-12-37(28-41(39)51)53-36-9-7-8-35(27-36)52-46(34-17-21-48-22-18-34)44(43-31(3)24-30(2)25-32(43)4)45(50-52)33-15-19-47-20-16-33;/h5-26H,1-4H3;/q-2;+2. The fraction of sp³-hybridized carbons (Fsp3) is 0.0870. The summed E-state index contributed by atoms with van der Waals surface area (Å²) in [5, 5.41) is 7.54. The average Bonchev–Trinajstić information content (AvgIpc) is 3.72. The zero-order valence-electron chi connectivity index (χ0n) is 30.1. The zero-order chi connectivity index (χ0) is 36.1. The molecule has 0 amide bonds. The van der Waals surface area contributed by atoms with Gasteiger partial charge in [-0.25, -0.2) is 4.98 Å². The van der Waals surface area contributed by atoms with Crippen LogP contribution < -0.4 is 4.74 Å². The number of aryl methyl sites for hydroxylation is 4. The Morgan fingerprint density at radius 3 is 2.04 bits per heavy atom. The molecule has 9 rings (SSSR count). The maximum absolute atomic E-state index is 6.56. The molecule has 0 saturated carbocycles. The van der Waals surface area contributed by atoms with Gasteiger partial charge in [-0.15, -0.1) is 35.7 Å². The van der Waals surface area contributed by atoms with E-state index in [9.17, 15) is 0 Å². The largest absolute Gasteiger partial charge is 2.00 e. The van der Waals surface area contributed by atoms with Gasteiger partial charge >= 0.3 is 20.4 Å². The first-order valence-electron chi connectivity index (χ1n) is 17.5. The van der Waals surface area contributed by atoms with Crippen LogP contribution in [-0.4, -0.2) is 29.3 Å². The van der Waals surface area contributed by atoms with Crippen LogP contribution in [0.3, 0.4) is 0 Å². The molecule has 0 atom stereocenters. The van der Waals surface area contributed by atoms with Gasteiger partial charge in [-0.1, -0.05) is 41.4 Å². The minimum Gasteiger partial charge on any atom is -0.509 e. The quantitative estimate of drug-likeness (QED) is 0.119. The molecule has 0 bridgehead atoms. The Balaban J connectivity index is 0.00000413. The van der Waals surface area contributed by atoms with Crippen LogP contribution in [0.1, 0.15) is 22.3 Å². The molecule has 0 aliphatic rings. The maximum atomic E-state index is 6.56. The second-order valence-electron chi connectivity index (χ2n) is 13.4. The van der Waals surface area contributed by atoms with Crippen LogP contribution >= 0.6 is 0 Å². The monoisotopic (exact) mass is 792 g/mol. The van der Waals surface area contributed by atoms with Crippen molar-refractivity contribution in [1.29, 1.82) is 0 Å². The number of hydrogen-bond donors (Lipinski definition) is 0. The van der Waals surface area contributed by atoms with Gasteiger partial charge in [0.25, 0.3) is 0 Å². The summed E-state index contributed by atoms with van der Waals surface area (Å²) < 4.78 is 10.7. The molecule has 9 aromatic rings. The van der Waals surface area contributed by atoms with Gasteiger partial charge in [0.1, 0.15) is 11.5 Å². The van der Waals surface area contributed by atoms with Crippen molar-refractivity contribution in [3.63, 3.8) is 0 Å². The van der Waals surface area contributed by atoms with Gasteiger partial charge in [-0.3, -0.25) is 14.6 Å². The van der Waals surface area contributed by atoms with E-state index < -0.39 is 0 Å². The number of pyridine rings is 3. The van der Waals surface area contributed by atoms with Crippen LogP contribution in [-0.2, 0) is 20.4 Å². The molecule has 0 N–H and O–H groups in total. The van der Waals surface area contributed by atoms with Gasteiger partial charge in [-0.2, -0.15) is 17.2 Å². The van der Waals surface area contributed by atoms with E-state index >= 15 is 0 Å². The number of ether oxygens (including phenoxy) is 1. The first-order chi connectivity index (χ1) is 25.9. The smallest absolute Gasteiger partial charge is 0.509 e. The van der Waals surface area contributed by atoms with E-state index in [0.29, 0.717) is 11.5 Å². The zero-order valence-corrected chi connectivity index (χ0v) is 31.7. The van der Waals surface area contributed by atoms with Gasteiger partial charge in [0.2, 0.25) is 0 Å². The Kier molecular flexibility index (Phi) is 9.25. The minimum atomic E-state index is 0. The molecular weight excluding hydrogens is 759 g/mol. The number of para-hydroxylation sites is 1. The fourth-order valence-corrected chi connectivity index (χ4v) is 7.44. The number of aromatic nitrogens is 6. The summed E-state index contributed by atoms with van der Waals surface area (Å²) in [5.41, 5.74) is 13.3. The second-order valence-corrected chi connectivity index (χ2v) is 13.4. The second kappa shape index (κ2) is 14.3. The Morgan fingerprint density at radius 2 is 1.30 bits per heavy atom. The molecule has 0 aliphatic carbocycles.